The summed E-state index contributed by atoms with van der Waals surface area (Å²) < 4.78 is 0.948. The normalized spacial score (nSPS) is 14.1. The highest BCUT2D eigenvalue weighted by Gasteiger charge is 2.16. The Balaban J connectivity index is 0.00000196. The van der Waals surface area contributed by atoms with Crippen molar-refractivity contribution in [2.45, 2.75) is 26.3 Å². The zero-order chi connectivity index (χ0) is 10.7. The summed E-state index contributed by atoms with van der Waals surface area (Å²) in [5, 5.41) is 9.65. The fraction of sp³-hybridized carbons (Fsp3) is 0.455. The second kappa shape index (κ2) is 6.36. The van der Waals surface area contributed by atoms with Gasteiger partial charge in [-0.25, -0.2) is 0 Å². The minimum atomic E-state index is -0.0995. The van der Waals surface area contributed by atoms with E-state index in [2.05, 4.69) is 29.8 Å². The maximum atomic E-state index is 9.65. The van der Waals surface area contributed by atoms with Crippen molar-refractivity contribution in [2.75, 3.05) is 0 Å². The molecular weight excluding hydrogens is 277 g/mol. The molecule has 3 N–H and O–H groups in total. The molecule has 4 heteroatoms. The van der Waals surface area contributed by atoms with Crippen LogP contribution in [0.1, 0.15) is 31.9 Å². The van der Waals surface area contributed by atoms with Gasteiger partial charge in [-0.1, -0.05) is 36.2 Å². The van der Waals surface area contributed by atoms with Crippen molar-refractivity contribution >= 4 is 28.3 Å². The van der Waals surface area contributed by atoms with E-state index in [1.54, 1.807) is 6.07 Å². The Bertz CT molecular complexity index is 319. The fourth-order valence-electron chi connectivity index (χ4n) is 1.35. The molecule has 0 spiro atoms. The van der Waals surface area contributed by atoms with E-state index in [-0.39, 0.29) is 24.2 Å². The molecule has 0 amide bonds. The Morgan fingerprint density at radius 2 is 2.07 bits per heavy atom. The van der Waals surface area contributed by atoms with Gasteiger partial charge in [0, 0.05) is 16.1 Å². The van der Waals surface area contributed by atoms with Crippen LogP contribution >= 0.6 is 28.3 Å². The molecule has 2 atom stereocenters. The van der Waals surface area contributed by atoms with Crippen molar-refractivity contribution in [3.05, 3.63) is 28.2 Å². The minimum Gasteiger partial charge on any atom is -0.508 e. The van der Waals surface area contributed by atoms with Gasteiger partial charge in [0.05, 0.1) is 0 Å². The van der Waals surface area contributed by atoms with Crippen LogP contribution in [-0.4, -0.2) is 5.11 Å². The maximum absolute atomic E-state index is 9.65. The Labute approximate surface area is 105 Å². The summed E-state index contributed by atoms with van der Waals surface area (Å²) in [7, 11) is 0. The molecule has 0 fully saturated rings. The first-order valence-electron chi connectivity index (χ1n) is 4.80. The van der Waals surface area contributed by atoms with E-state index in [4.69, 9.17) is 5.73 Å². The van der Waals surface area contributed by atoms with Crippen LogP contribution in [0.2, 0.25) is 0 Å². The van der Waals surface area contributed by atoms with Crippen LogP contribution in [0.25, 0.3) is 0 Å². The molecule has 0 aliphatic carbocycles. The third kappa shape index (κ3) is 3.67. The lowest BCUT2D eigenvalue weighted by Gasteiger charge is -2.19. The predicted octanol–water partition coefficient (Wildman–Crippen LogP) is 3.62. The summed E-state index contributed by atoms with van der Waals surface area (Å²) in [4.78, 5) is 0. The molecule has 0 saturated carbocycles. The number of halogens is 2. The van der Waals surface area contributed by atoms with Crippen molar-refractivity contribution in [1.29, 1.82) is 0 Å². The van der Waals surface area contributed by atoms with E-state index < -0.39 is 0 Å². The Hall–Kier alpha value is -0.250. The van der Waals surface area contributed by atoms with E-state index in [9.17, 15) is 5.11 Å². The molecular formula is C11H17BrClNO. The van der Waals surface area contributed by atoms with Crippen LogP contribution in [0.15, 0.2) is 22.7 Å². The van der Waals surface area contributed by atoms with Gasteiger partial charge in [0.1, 0.15) is 5.75 Å². The molecule has 0 heterocycles. The van der Waals surface area contributed by atoms with Crippen LogP contribution in [0.4, 0.5) is 0 Å². The first-order chi connectivity index (χ1) is 6.56. The van der Waals surface area contributed by atoms with Gasteiger partial charge in [-0.2, -0.15) is 0 Å². The standard InChI is InChI=1S/C11H16BrNO.ClH/c1-3-7(2)11(13)9-6-8(12)4-5-10(9)14;/h4-7,11,14H,3,13H2,1-2H3;1H/t7?,11-;/m1./s1. The number of aromatic hydroxyl groups is 1. The molecule has 0 radical (unpaired) electrons. The van der Waals surface area contributed by atoms with Crippen molar-refractivity contribution in [1.82, 2.24) is 0 Å². The van der Waals surface area contributed by atoms with E-state index in [1.807, 2.05) is 12.1 Å². The van der Waals surface area contributed by atoms with E-state index in [1.165, 1.54) is 0 Å². The van der Waals surface area contributed by atoms with Gasteiger partial charge in [0.25, 0.3) is 0 Å². The van der Waals surface area contributed by atoms with Gasteiger partial charge in [0.15, 0.2) is 0 Å². The smallest absolute Gasteiger partial charge is 0.120 e. The zero-order valence-corrected chi connectivity index (χ0v) is 11.3. The van der Waals surface area contributed by atoms with Crippen molar-refractivity contribution in [3.63, 3.8) is 0 Å². The molecule has 1 rings (SSSR count). The van der Waals surface area contributed by atoms with Crippen LogP contribution in [0, 0.1) is 5.92 Å². The number of hydrogen-bond acceptors (Lipinski definition) is 2. The summed E-state index contributed by atoms with van der Waals surface area (Å²) in [5.74, 6) is 0.649. The molecule has 0 aliphatic heterocycles. The summed E-state index contributed by atoms with van der Waals surface area (Å²) in [6.45, 7) is 4.19. The van der Waals surface area contributed by atoms with E-state index >= 15 is 0 Å². The molecule has 0 bridgehead atoms. The molecule has 86 valence electrons. The number of phenols is 1. The zero-order valence-electron chi connectivity index (χ0n) is 8.90. The predicted molar refractivity (Wildman–Crippen MR) is 69.4 cm³/mol. The fourth-order valence-corrected chi connectivity index (χ4v) is 1.73. The lowest BCUT2D eigenvalue weighted by Crippen LogP contribution is -2.18. The monoisotopic (exact) mass is 293 g/mol. The first-order valence-corrected chi connectivity index (χ1v) is 5.59. The molecule has 2 nitrogen and oxygen atoms in total. The van der Waals surface area contributed by atoms with Crippen molar-refractivity contribution < 1.29 is 5.11 Å². The molecule has 1 unspecified atom stereocenters. The molecule has 0 saturated heterocycles. The van der Waals surface area contributed by atoms with Crippen LogP contribution < -0.4 is 5.73 Å². The first kappa shape index (κ1) is 14.8. The Kier molecular flexibility index (Phi) is 6.25. The van der Waals surface area contributed by atoms with E-state index in [0.717, 1.165) is 16.5 Å². The second-order valence-corrected chi connectivity index (χ2v) is 4.53. The number of phenolic OH excluding ortho intramolecular Hbond substituents is 1. The highest BCUT2D eigenvalue weighted by atomic mass is 79.9. The number of rotatable bonds is 3. The van der Waals surface area contributed by atoms with E-state index in [0.29, 0.717) is 5.92 Å². The number of nitrogens with two attached hydrogens (primary N) is 1. The van der Waals surface area contributed by atoms with Gasteiger partial charge < -0.3 is 10.8 Å². The van der Waals surface area contributed by atoms with Gasteiger partial charge in [-0.15, -0.1) is 12.4 Å². The van der Waals surface area contributed by atoms with Gasteiger partial charge in [0.2, 0.25) is 0 Å². The average molecular weight is 295 g/mol. The van der Waals surface area contributed by atoms with Gasteiger partial charge in [-0.05, 0) is 24.1 Å². The van der Waals surface area contributed by atoms with Crippen molar-refractivity contribution in [2.24, 2.45) is 11.7 Å². The quantitative estimate of drug-likeness (QED) is 0.894. The Morgan fingerprint density at radius 1 is 1.47 bits per heavy atom. The largest absolute Gasteiger partial charge is 0.508 e. The summed E-state index contributed by atoms with van der Waals surface area (Å²) in [6.07, 6.45) is 1.01. The Morgan fingerprint density at radius 3 is 2.60 bits per heavy atom. The lowest BCUT2D eigenvalue weighted by molar-refractivity contribution is 0.419. The molecule has 1 aromatic rings. The SMILES string of the molecule is CCC(C)[C@@H](N)c1cc(Br)ccc1O.Cl. The minimum absolute atomic E-state index is 0. The molecule has 0 aromatic heterocycles. The summed E-state index contributed by atoms with van der Waals surface area (Å²) in [5.41, 5.74) is 6.85. The third-order valence-electron chi connectivity index (χ3n) is 2.61. The van der Waals surface area contributed by atoms with Crippen molar-refractivity contribution in [3.8, 4) is 5.75 Å². The van der Waals surface area contributed by atoms with Gasteiger partial charge in [-0.3, -0.25) is 0 Å². The molecule has 0 aliphatic rings. The summed E-state index contributed by atoms with van der Waals surface area (Å²) in [6, 6.07) is 5.26. The third-order valence-corrected chi connectivity index (χ3v) is 3.10. The average Bonchev–Trinajstić information content (AvgIpc) is 2.19. The lowest BCUT2D eigenvalue weighted by atomic mass is 9.93. The summed E-state index contributed by atoms with van der Waals surface area (Å²) >= 11 is 3.37. The van der Waals surface area contributed by atoms with Crippen LogP contribution in [0.3, 0.4) is 0 Å². The highest BCUT2D eigenvalue weighted by molar-refractivity contribution is 9.10. The van der Waals surface area contributed by atoms with Crippen LogP contribution in [0.5, 0.6) is 5.75 Å². The highest BCUT2D eigenvalue weighted by Crippen LogP contribution is 2.31. The molecule has 15 heavy (non-hydrogen) atoms. The second-order valence-electron chi connectivity index (χ2n) is 3.61. The molecule has 1 aromatic carbocycles. The maximum Gasteiger partial charge on any atom is 0.120 e. The van der Waals surface area contributed by atoms with Gasteiger partial charge >= 0.3 is 0 Å². The van der Waals surface area contributed by atoms with Crippen LogP contribution in [-0.2, 0) is 0 Å². The number of benzene rings is 1. The topological polar surface area (TPSA) is 46.2 Å². The number of hydrogen-bond donors (Lipinski definition) is 2.